The number of hydrogen-bond donors (Lipinski definition) is 2. The molecule has 4 rings (SSSR count). The molecule has 0 unspecified atom stereocenters. The van der Waals surface area contributed by atoms with Gasteiger partial charge in [0.2, 0.25) is 0 Å². The Bertz CT molecular complexity index is 768. The van der Waals surface area contributed by atoms with Crippen LogP contribution in [0.4, 0.5) is 10.5 Å². The fourth-order valence-electron chi connectivity index (χ4n) is 4.33. The number of ether oxygens (including phenoxy) is 1. The fraction of sp³-hybridized carbons (Fsp3) is 0.550. The van der Waals surface area contributed by atoms with Gasteiger partial charge in [0.05, 0.1) is 17.7 Å². The van der Waals surface area contributed by atoms with E-state index in [-0.39, 0.29) is 23.9 Å². The van der Waals surface area contributed by atoms with E-state index in [0.717, 1.165) is 37.6 Å². The summed E-state index contributed by atoms with van der Waals surface area (Å²) in [5.74, 6) is -0.222. The molecule has 3 aliphatic heterocycles. The van der Waals surface area contributed by atoms with Crippen LogP contribution >= 0.6 is 0 Å². The van der Waals surface area contributed by atoms with Crippen molar-refractivity contribution >= 4 is 23.5 Å². The molecular formula is C20H26N4O4. The third-order valence-electron chi connectivity index (χ3n) is 5.94. The number of nitrogens with zero attached hydrogens (tertiary/aromatic N) is 2. The van der Waals surface area contributed by atoms with Crippen molar-refractivity contribution in [1.82, 2.24) is 15.1 Å². The number of amides is 4. The summed E-state index contributed by atoms with van der Waals surface area (Å²) < 4.78 is 5.55. The lowest BCUT2D eigenvalue weighted by molar-refractivity contribution is 0.0693. The second-order valence-corrected chi connectivity index (χ2v) is 7.70. The van der Waals surface area contributed by atoms with Gasteiger partial charge < -0.3 is 15.4 Å². The summed E-state index contributed by atoms with van der Waals surface area (Å²) in [6.45, 7) is 4.24. The van der Waals surface area contributed by atoms with Gasteiger partial charge in [0, 0.05) is 37.8 Å². The highest BCUT2D eigenvalue weighted by atomic mass is 16.5. The molecule has 4 amide bonds. The molecule has 150 valence electrons. The van der Waals surface area contributed by atoms with E-state index in [4.69, 9.17) is 4.74 Å². The van der Waals surface area contributed by atoms with Crippen LogP contribution < -0.4 is 10.6 Å². The lowest BCUT2D eigenvalue weighted by Gasteiger charge is -2.31. The van der Waals surface area contributed by atoms with Crippen molar-refractivity contribution in [3.63, 3.8) is 0 Å². The van der Waals surface area contributed by atoms with Crippen molar-refractivity contribution in [2.24, 2.45) is 5.92 Å². The maximum absolute atomic E-state index is 12.4. The quantitative estimate of drug-likeness (QED) is 0.749. The summed E-state index contributed by atoms with van der Waals surface area (Å²) in [6, 6.07) is 4.75. The van der Waals surface area contributed by atoms with E-state index in [0.29, 0.717) is 29.3 Å². The first-order chi connectivity index (χ1) is 13.5. The van der Waals surface area contributed by atoms with Gasteiger partial charge in [0.15, 0.2) is 0 Å². The van der Waals surface area contributed by atoms with Crippen LogP contribution in [0.15, 0.2) is 18.2 Å². The van der Waals surface area contributed by atoms with Gasteiger partial charge in [-0.15, -0.1) is 0 Å². The lowest BCUT2D eigenvalue weighted by atomic mass is 9.97. The van der Waals surface area contributed by atoms with Crippen molar-refractivity contribution in [2.75, 3.05) is 45.2 Å². The first kappa shape index (κ1) is 18.9. The zero-order valence-electron chi connectivity index (χ0n) is 16.1. The molecule has 8 heteroatoms. The molecule has 0 radical (unpaired) electrons. The number of benzene rings is 1. The van der Waals surface area contributed by atoms with Gasteiger partial charge >= 0.3 is 6.03 Å². The van der Waals surface area contributed by atoms with Crippen molar-refractivity contribution in [1.29, 1.82) is 0 Å². The van der Waals surface area contributed by atoms with Crippen LogP contribution in [-0.2, 0) is 4.74 Å². The number of fused-ring (bicyclic) bond motifs is 1. The van der Waals surface area contributed by atoms with Crippen molar-refractivity contribution in [2.45, 2.75) is 25.3 Å². The molecule has 1 aromatic carbocycles. The number of carbonyl (C=O) groups is 3. The highest BCUT2D eigenvalue weighted by molar-refractivity contribution is 6.21. The minimum absolute atomic E-state index is 0.281. The number of imide groups is 1. The Morgan fingerprint density at radius 2 is 1.96 bits per heavy atom. The molecule has 2 atom stereocenters. The average molecular weight is 386 g/mol. The van der Waals surface area contributed by atoms with Gasteiger partial charge in [-0.2, -0.15) is 0 Å². The zero-order valence-corrected chi connectivity index (χ0v) is 16.1. The number of hydrogen-bond acceptors (Lipinski definition) is 5. The zero-order chi connectivity index (χ0) is 19.7. The third kappa shape index (κ3) is 3.62. The van der Waals surface area contributed by atoms with Crippen molar-refractivity contribution < 1.29 is 19.1 Å². The average Bonchev–Trinajstić information content (AvgIpc) is 3.44. The van der Waals surface area contributed by atoms with Gasteiger partial charge in [-0.1, -0.05) is 0 Å². The summed E-state index contributed by atoms with van der Waals surface area (Å²) in [5, 5.41) is 5.75. The second kappa shape index (κ2) is 7.89. The molecule has 1 aromatic rings. The van der Waals surface area contributed by atoms with Crippen LogP contribution in [0.5, 0.6) is 0 Å². The SMILES string of the molecule is CN1C(=O)c2ccc(NC(=O)NC[C@@H]([C@@H]3CCOC3)N3CCCC3)cc2C1=O. The summed E-state index contributed by atoms with van der Waals surface area (Å²) in [5.41, 5.74) is 1.19. The number of carbonyl (C=O) groups excluding carboxylic acids is 3. The Hall–Kier alpha value is -2.45. The van der Waals surface area contributed by atoms with E-state index >= 15 is 0 Å². The highest BCUT2D eigenvalue weighted by Gasteiger charge is 2.34. The third-order valence-corrected chi connectivity index (χ3v) is 5.94. The Morgan fingerprint density at radius 3 is 2.68 bits per heavy atom. The molecule has 28 heavy (non-hydrogen) atoms. The molecule has 0 aromatic heterocycles. The van der Waals surface area contributed by atoms with Crippen molar-refractivity contribution in [3.05, 3.63) is 29.3 Å². The Balaban J connectivity index is 1.37. The number of rotatable bonds is 5. The maximum Gasteiger partial charge on any atom is 0.319 e. The molecule has 2 saturated heterocycles. The summed E-state index contributed by atoms with van der Waals surface area (Å²) in [6.07, 6.45) is 3.43. The van der Waals surface area contributed by atoms with Crippen LogP contribution in [0.1, 0.15) is 40.0 Å². The molecule has 2 N–H and O–H groups in total. The van der Waals surface area contributed by atoms with Crippen molar-refractivity contribution in [3.8, 4) is 0 Å². The summed E-state index contributed by atoms with van der Waals surface area (Å²) >= 11 is 0. The van der Waals surface area contributed by atoms with Gasteiger partial charge in [0.25, 0.3) is 11.8 Å². The molecule has 0 aliphatic carbocycles. The molecule has 0 spiro atoms. The van der Waals surface area contributed by atoms with Gasteiger partial charge in [-0.25, -0.2) is 4.79 Å². The molecule has 0 saturated carbocycles. The first-order valence-electron chi connectivity index (χ1n) is 9.87. The van der Waals surface area contributed by atoms with E-state index in [1.165, 1.54) is 19.9 Å². The first-order valence-corrected chi connectivity index (χ1v) is 9.87. The number of likely N-dealkylation sites (tertiary alicyclic amines) is 1. The molecule has 3 aliphatic rings. The van der Waals surface area contributed by atoms with Crippen LogP contribution in [0.2, 0.25) is 0 Å². The molecule has 8 nitrogen and oxygen atoms in total. The largest absolute Gasteiger partial charge is 0.381 e. The Morgan fingerprint density at radius 1 is 1.21 bits per heavy atom. The molecular weight excluding hydrogens is 360 g/mol. The van der Waals surface area contributed by atoms with Crippen LogP contribution in [0, 0.1) is 5.92 Å². The Labute approximate surface area is 164 Å². The topological polar surface area (TPSA) is 91.0 Å². The normalized spacial score (nSPS) is 23.2. The smallest absolute Gasteiger partial charge is 0.319 e. The predicted octanol–water partition coefficient (Wildman–Crippen LogP) is 1.53. The van der Waals surface area contributed by atoms with E-state index in [1.807, 2.05) is 0 Å². The van der Waals surface area contributed by atoms with Crippen LogP contribution in [0.3, 0.4) is 0 Å². The van der Waals surface area contributed by atoms with E-state index < -0.39 is 0 Å². The Kier molecular flexibility index (Phi) is 5.32. The summed E-state index contributed by atoms with van der Waals surface area (Å²) in [4.78, 5) is 40.0. The van der Waals surface area contributed by atoms with E-state index in [1.54, 1.807) is 18.2 Å². The molecule has 3 heterocycles. The second-order valence-electron chi connectivity index (χ2n) is 7.70. The predicted molar refractivity (Wildman–Crippen MR) is 103 cm³/mol. The lowest BCUT2D eigenvalue weighted by Crippen LogP contribution is -2.48. The van der Waals surface area contributed by atoms with E-state index in [9.17, 15) is 14.4 Å². The van der Waals surface area contributed by atoms with Crippen LogP contribution in [-0.4, -0.2) is 73.6 Å². The van der Waals surface area contributed by atoms with Crippen LogP contribution in [0.25, 0.3) is 0 Å². The van der Waals surface area contributed by atoms with Gasteiger partial charge in [-0.3, -0.25) is 19.4 Å². The van der Waals surface area contributed by atoms with E-state index in [2.05, 4.69) is 15.5 Å². The van der Waals surface area contributed by atoms with Gasteiger partial charge in [0.1, 0.15) is 0 Å². The maximum atomic E-state index is 12.4. The number of urea groups is 1. The molecule has 0 bridgehead atoms. The minimum atomic E-state index is -0.348. The van der Waals surface area contributed by atoms with Gasteiger partial charge in [-0.05, 0) is 50.6 Å². The highest BCUT2D eigenvalue weighted by Crippen LogP contribution is 2.26. The molecule has 2 fully saturated rings. The number of anilines is 1. The monoisotopic (exact) mass is 386 g/mol. The standard InChI is InChI=1S/C20H26N4O4/c1-23-18(25)15-5-4-14(10-16(15)19(23)26)22-20(27)21-11-17(13-6-9-28-12-13)24-7-2-3-8-24/h4-5,10,13,17H,2-3,6-9,11-12H2,1H3,(H2,21,22,27)/t13-,17+/m1/s1. The fourth-order valence-corrected chi connectivity index (χ4v) is 4.33. The number of nitrogens with one attached hydrogen (secondary N) is 2. The minimum Gasteiger partial charge on any atom is -0.381 e. The summed E-state index contributed by atoms with van der Waals surface area (Å²) in [7, 11) is 1.45.